The second-order valence-electron chi connectivity index (χ2n) is 6.18. The molecular formula is C18H22ClN3O2. The van der Waals surface area contributed by atoms with Gasteiger partial charge in [0.05, 0.1) is 5.92 Å². The molecule has 2 aromatic rings. The highest BCUT2D eigenvalue weighted by atomic mass is 35.5. The van der Waals surface area contributed by atoms with E-state index in [4.69, 9.17) is 16.1 Å². The zero-order chi connectivity index (χ0) is 17.1. The average molecular weight is 348 g/mol. The molecule has 24 heavy (non-hydrogen) atoms. The highest BCUT2D eigenvalue weighted by molar-refractivity contribution is 6.30. The van der Waals surface area contributed by atoms with Crippen LogP contribution in [0.3, 0.4) is 0 Å². The smallest absolute Gasteiger partial charge is 0.231 e. The standard InChI is InChI=1S/C18H22ClN3O2/c1-3-15(12-5-7-14(19)8-6-12)17-20-18(24-21-17)13-9-10-22(11-13)16(23)4-2/h5-8,13,15H,3-4,9-11H2,1-2H3/t13-,15-/m0/s1. The Morgan fingerprint density at radius 2 is 2.12 bits per heavy atom. The van der Waals surface area contributed by atoms with Gasteiger partial charge in [0.15, 0.2) is 5.82 Å². The van der Waals surface area contributed by atoms with Gasteiger partial charge in [-0.15, -0.1) is 0 Å². The molecule has 3 rings (SSSR count). The number of halogens is 1. The zero-order valence-corrected chi connectivity index (χ0v) is 14.8. The van der Waals surface area contributed by atoms with E-state index in [0.29, 0.717) is 29.7 Å². The average Bonchev–Trinajstić information content (AvgIpc) is 3.26. The first-order valence-electron chi connectivity index (χ1n) is 8.49. The molecule has 0 N–H and O–H groups in total. The van der Waals surface area contributed by atoms with Crippen LogP contribution in [-0.4, -0.2) is 34.0 Å². The predicted molar refractivity (Wildman–Crippen MR) is 92.1 cm³/mol. The van der Waals surface area contributed by atoms with E-state index in [1.807, 2.05) is 36.1 Å². The van der Waals surface area contributed by atoms with Crippen molar-refractivity contribution < 1.29 is 9.32 Å². The lowest BCUT2D eigenvalue weighted by Crippen LogP contribution is -2.27. The van der Waals surface area contributed by atoms with Gasteiger partial charge in [-0.05, 0) is 30.5 Å². The first kappa shape index (κ1) is 17.0. The maximum atomic E-state index is 11.8. The minimum absolute atomic E-state index is 0.0922. The molecule has 2 atom stereocenters. The van der Waals surface area contributed by atoms with Crippen molar-refractivity contribution in [2.75, 3.05) is 13.1 Å². The highest BCUT2D eigenvalue weighted by Gasteiger charge is 2.31. The van der Waals surface area contributed by atoms with E-state index in [2.05, 4.69) is 17.1 Å². The van der Waals surface area contributed by atoms with Gasteiger partial charge >= 0.3 is 0 Å². The molecule has 0 saturated carbocycles. The third-order valence-electron chi connectivity index (χ3n) is 4.64. The van der Waals surface area contributed by atoms with Crippen molar-refractivity contribution in [3.05, 3.63) is 46.6 Å². The van der Waals surface area contributed by atoms with Crippen LogP contribution in [-0.2, 0) is 4.79 Å². The van der Waals surface area contributed by atoms with Gasteiger partial charge in [0.1, 0.15) is 0 Å². The Morgan fingerprint density at radius 1 is 1.38 bits per heavy atom. The van der Waals surface area contributed by atoms with Crippen LogP contribution < -0.4 is 0 Å². The molecule has 5 nitrogen and oxygen atoms in total. The first-order valence-corrected chi connectivity index (χ1v) is 8.86. The summed E-state index contributed by atoms with van der Waals surface area (Å²) in [5, 5.41) is 4.91. The second-order valence-corrected chi connectivity index (χ2v) is 6.62. The number of likely N-dealkylation sites (tertiary alicyclic amines) is 1. The molecule has 6 heteroatoms. The van der Waals surface area contributed by atoms with Crippen LogP contribution in [0.25, 0.3) is 0 Å². The van der Waals surface area contributed by atoms with Crippen molar-refractivity contribution in [3.63, 3.8) is 0 Å². The maximum absolute atomic E-state index is 11.8. The summed E-state index contributed by atoms with van der Waals surface area (Å²) in [6, 6.07) is 7.77. The molecule has 1 saturated heterocycles. The zero-order valence-electron chi connectivity index (χ0n) is 14.0. The van der Waals surface area contributed by atoms with Gasteiger partial charge in [-0.25, -0.2) is 0 Å². The van der Waals surface area contributed by atoms with Gasteiger partial charge in [-0.2, -0.15) is 4.98 Å². The summed E-state index contributed by atoms with van der Waals surface area (Å²) in [6.07, 6.45) is 2.30. The molecule has 2 heterocycles. The number of hydrogen-bond donors (Lipinski definition) is 0. The molecule has 1 aromatic heterocycles. The van der Waals surface area contributed by atoms with Crippen LogP contribution in [0.15, 0.2) is 28.8 Å². The first-order chi connectivity index (χ1) is 11.6. The summed E-state index contributed by atoms with van der Waals surface area (Å²) in [4.78, 5) is 18.3. The van der Waals surface area contributed by atoms with Crippen molar-refractivity contribution in [3.8, 4) is 0 Å². The lowest BCUT2D eigenvalue weighted by atomic mass is 9.96. The van der Waals surface area contributed by atoms with Crippen LogP contribution in [0, 0.1) is 0 Å². The summed E-state index contributed by atoms with van der Waals surface area (Å²) >= 11 is 5.96. The fourth-order valence-electron chi connectivity index (χ4n) is 3.23. The molecular weight excluding hydrogens is 326 g/mol. The minimum atomic E-state index is 0.0922. The SMILES string of the molecule is CCC(=O)N1CC[C@H](c2nc([C@@H](CC)c3ccc(Cl)cc3)no2)C1. The van der Waals surface area contributed by atoms with Crippen LogP contribution in [0.5, 0.6) is 0 Å². The molecule has 0 aliphatic carbocycles. The number of hydrogen-bond acceptors (Lipinski definition) is 4. The van der Waals surface area contributed by atoms with E-state index in [1.165, 1.54) is 0 Å². The summed E-state index contributed by atoms with van der Waals surface area (Å²) in [5.74, 6) is 1.77. The monoisotopic (exact) mass is 347 g/mol. The molecule has 1 amide bonds. The van der Waals surface area contributed by atoms with Gasteiger partial charge in [0.2, 0.25) is 11.8 Å². The number of benzene rings is 1. The second kappa shape index (κ2) is 7.34. The van der Waals surface area contributed by atoms with Gasteiger partial charge in [-0.1, -0.05) is 42.7 Å². The van der Waals surface area contributed by atoms with E-state index in [0.717, 1.165) is 24.9 Å². The molecule has 0 bridgehead atoms. The molecule has 1 fully saturated rings. The molecule has 0 radical (unpaired) electrons. The summed E-state index contributed by atoms with van der Waals surface area (Å²) in [5.41, 5.74) is 1.13. The van der Waals surface area contributed by atoms with Gasteiger partial charge in [0.25, 0.3) is 0 Å². The summed E-state index contributed by atoms with van der Waals surface area (Å²) in [6.45, 7) is 5.43. The predicted octanol–water partition coefficient (Wildman–Crippen LogP) is 3.99. The van der Waals surface area contributed by atoms with Crippen molar-refractivity contribution in [1.29, 1.82) is 0 Å². The Morgan fingerprint density at radius 3 is 2.79 bits per heavy atom. The Labute approximate surface area is 147 Å². The lowest BCUT2D eigenvalue weighted by Gasteiger charge is -2.14. The lowest BCUT2D eigenvalue weighted by molar-refractivity contribution is -0.129. The van der Waals surface area contributed by atoms with E-state index in [-0.39, 0.29) is 17.7 Å². The van der Waals surface area contributed by atoms with Crippen LogP contribution in [0.4, 0.5) is 0 Å². The number of carbonyl (C=O) groups is 1. The van der Waals surface area contributed by atoms with Crippen LogP contribution in [0.2, 0.25) is 5.02 Å². The minimum Gasteiger partial charge on any atom is -0.342 e. The van der Waals surface area contributed by atoms with Crippen LogP contribution in [0.1, 0.15) is 62.2 Å². The van der Waals surface area contributed by atoms with E-state index >= 15 is 0 Å². The fraction of sp³-hybridized carbons (Fsp3) is 0.500. The van der Waals surface area contributed by atoms with E-state index < -0.39 is 0 Å². The van der Waals surface area contributed by atoms with Crippen LogP contribution >= 0.6 is 11.6 Å². The Hall–Kier alpha value is -1.88. The quantitative estimate of drug-likeness (QED) is 0.820. The van der Waals surface area contributed by atoms with E-state index in [1.54, 1.807) is 0 Å². The topological polar surface area (TPSA) is 59.2 Å². The normalized spacial score (nSPS) is 18.8. The van der Waals surface area contributed by atoms with Crippen molar-refractivity contribution in [2.45, 2.75) is 44.9 Å². The van der Waals surface area contributed by atoms with Gasteiger partial charge in [0, 0.05) is 30.5 Å². The van der Waals surface area contributed by atoms with Gasteiger partial charge in [-0.3, -0.25) is 4.79 Å². The Balaban J connectivity index is 1.75. The molecule has 0 spiro atoms. The number of aromatic nitrogens is 2. The number of carbonyl (C=O) groups excluding carboxylic acids is 1. The molecule has 128 valence electrons. The molecule has 1 aliphatic heterocycles. The Kier molecular flexibility index (Phi) is 5.19. The summed E-state index contributed by atoms with van der Waals surface area (Å²) in [7, 11) is 0. The summed E-state index contributed by atoms with van der Waals surface area (Å²) < 4.78 is 5.51. The Bertz CT molecular complexity index is 699. The van der Waals surface area contributed by atoms with Crippen molar-refractivity contribution in [1.82, 2.24) is 15.0 Å². The third-order valence-corrected chi connectivity index (χ3v) is 4.89. The van der Waals surface area contributed by atoms with Crippen molar-refractivity contribution >= 4 is 17.5 Å². The van der Waals surface area contributed by atoms with Gasteiger partial charge < -0.3 is 9.42 Å². The molecule has 1 aromatic carbocycles. The number of amides is 1. The van der Waals surface area contributed by atoms with Crippen molar-refractivity contribution in [2.24, 2.45) is 0 Å². The third kappa shape index (κ3) is 3.46. The number of nitrogens with zero attached hydrogens (tertiary/aromatic N) is 3. The number of rotatable bonds is 5. The maximum Gasteiger partial charge on any atom is 0.231 e. The highest BCUT2D eigenvalue weighted by Crippen LogP contribution is 2.30. The van der Waals surface area contributed by atoms with E-state index in [9.17, 15) is 4.79 Å². The molecule has 0 unspecified atom stereocenters. The molecule has 1 aliphatic rings. The fourth-order valence-corrected chi connectivity index (χ4v) is 3.36. The largest absolute Gasteiger partial charge is 0.342 e.